The van der Waals surface area contributed by atoms with Crippen molar-refractivity contribution in [2.75, 3.05) is 17.7 Å². The molecule has 1 fully saturated rings. The first-order valence-electron chi connectivity index (χ1n) is 8.54. The van der Waals surface area contributed by atoms with E-state index in [1.807, 2.05) is 0 Å². The zero-order valence-electron chi connectivity index (χ0n) is 14.8. The molecule has 1 amide bonds. The Balaban J connectivity index is 1.80. The van der Waals surface area contributed by atoms with Crippen LogP contribution in [0.3, 0.4) is 0 Å². The summed E-state index contributed by atoms with van der Waals surface area (Å²) in [6.07, 6.45) is -0.991. The normalized spacial score (nSPS) is 20.9. The second-order valence-electron chi connectivity index (χ2n) is 6.35. The lowest BCUT2D eigenvalue weighted by molar-refractivity contribution is -0.154. The van der Waals surface area contributed by atoms with Crippen LogP contribution in [0, 0.1) is 5.92 Å². The van der Waals surface area contributed by atoms with Crippen molar-refractivity contribution in [2.24, 2.45) is 5.92 Å². The van der Waals surface area contributed by atoms with Crippen LogP contribution >= 0.6 is 0 Å². The molecule has 0 radical (unpaired) electrons. The molecular weight excluding hydrogens is 387 g/mol. The molecule has 0 aliphatic heterocycles. The van der Waals surface area contributed by atoms with E-state index in [0.717, 1.165) is 0 Å². The average molecular weight is 409 g/mol. The number of sulfonamides is 1. The van der Waals surface area contributed by atoms with Gasteiger partial charge >= 0.3 is 6.18 Å². The summed E-state index contributed by atoms with van der Waals surface area (Å²) in [4.78, 5) is 16.0. The predicted molar refractivity (Wildman–Crippen MR) is 92.8 cm³/mol. The van der Waals surface area contributed by atoms with Crippen molar-refractivity contribution in [3.8, 4) is 5.88 Å². The minimum Gasteiger partial charge on any atom is -0.468 e. The van der Waals surface area contributed by atoms with Gasteiger partial charge in [-0.15, -0.1) is 0 Å². The molecule has 7 nitrogen and oxygen atoms in total. The zero-order valence-corrected chi connectivity index (χ0v) is 15.6. The Morgan fingerprint density at radius 3 is 2.44 bits per heavy atom. The smallest absolute Gasteiger partial charge is 0.422 e. The highest BCUT2D eigenvalue weighted by Crippen LogP contribution is 2.26. The van der Waals surface area contributed by atoms with Crippen LogP contribution in [-0.4, -0.2) is 43.9 Å². The first kappa shape index (κ1) is 21.4. The molecule has 1 heterocycles. The number of carbonyl (C=O) groups excluding carboxylic acids is 1. The van der Waals surface area contributed by atoms with E-state index in [0.29, 0.717) is 31.4 Å². The third-order valence-electron chi connectivity index (χ3n) is 4.21. The molecule has 0 atom stereocenters. The molecule has 27 heavy (non-hydrogen) atoms. The maximum atomic E-state index is 12.3. The molecule has 0 bridgehead atoms. The number of halogens is 3. The highest BCUT2D eigenvalue weighted by atomic mass is 32.2. The van der Waals surface area contributed by atoms with Gasteiger partial charge in [0.2, 0.25) is 21.8 Å². The van der Waals surface area contributed by atoms with E-state index in [1.54, 1.807) is 6.92 Å². The number of nitrogens with zero attached hydrogens (tertiary/aromatic N) is 1. The summed E-state index contributed by atoms with van der Waals surface area (Å²) in [6, 6.07) is 2.50. The van der Waals surface area contributed by atoms with Crippen LogP contribution in [0.1, 0.15) is 32.6 Å². The summed E-state index contributed by atoms with van der Waals surface area (Å²) in [6.45, 7) is 0.131. The van der Waals surface area contributed by atoms with Crippen molar-refractivity contribution in [1.29, 1.82) is 0 Å². The standard InChI is InChI=1S/C16H22F3N3O4S/c1-2-27(24,25)22-12-5-3-11(4-6-12)15(23)21-13-7-8-14(20-9-13)26-10-16(17,18)19/h7-9,11-12,22H,2-6,10H2,1H3,(H,21,23). The van der Waals surface area contributed by atoms with Crippen LogP contribution < -0.4 is 14.8 Å². The van der Waals surface area contributed by atoms with E-state index in [2.05, 4.69) is 19.8 Å². The summed E-state index contributed by atoms with van der Waals surface area (Å²) in [5, 5.41) is 2.67. The molecule has 0 spiro atoms. The predicted octanol–water partition coefficient (Wildman–Crippen LogP) is 2.46. The molecule has 2 rings (SSSR count). The minimum absolute atomic E-state index is 0.0170. The van der Waals surface area contributed by atoms with E-state index < -0.39 is 22.8 Å². The number of anilines is 1. The van der Waals surface area contributed by atoms with E-state index in [1.165, 1.54) is 18.3 Å². The van der Waals surface area contributed by atoms with Crippen molar-refractivity contribution in [1.82, 2.24) is 9.71 Å². The quantitative estimate of drug-likeness (QED) is 0.721. The molecule has 1 aliphatic carbocycles. The number of carbonyl (C=O) groups is 1. The third-order valence-corrected chi connectivity index (χ3v) is 5.66. The van der Waals surface area contributed by atoms with Crippen molar-refractivity contribution >= 4 is 21.6 Å². The topological polar surface area (TPSA) is 97.4 Å². The maximum Gasteiger partial charge on any atom is 0.422 e. The molecule has 152 valence electrons. The molecule has 11 heteroatoms. The molecule has 2 N–H and O–H groups in total. The lowest BCUT2D eigenvalue weighted by atomic mass is 9.86. The number of amides is 1. The van der Waals surface area contributed by atoms with Gasteiger partial charge in [0.05, 0.1) is 17.6 Å². The number of nitrogens with one attached hydrogen (secondary N) is 2. The van der Waals surface area contributed by atoms with E-state index in [4.69, 9.17) is 0 Å². The first-order valence-corrected chi connectivity index (χ1v) is 10.2. The molecule has 1 aromatic heterocycles. The Kier molecular flexibility index (Phi) is 7.04. The highest BCUT2D eigenvalue weighted by Gasteiger charge is 2.29. The van der Waals surface area contributed by atoms with Gasteiger partial charge in [-0.2, -0.15) is 13.2 Å². The Hall–Kier alpha value is -1.88. The SMILES string of the molecule is CCS(=O)(=O)NC1CCC(C(=O)Nc2ccc(OCC(F)(F)F)nc2)CC1. The summed E-state index contributed by atoms with van der Waals surface area (Å²) in [5.41, 5.74) is 0.355. The second kappa shape index (κ2) is 8.87. The summed E-state index contributed by atoms with van der Waals surface area (Å²) >= 11 is 0. The molecule has 1 saturated carbocycles. The lowest BCUT2D eigenvalue weighted by Gasteiger charge is -2.28. The molecule has 1 aliphatic rings. The first-order chi connectivity index (χ1) is 12.6. The highest BCUT2D eigenvalue weighted by molar-refractivity contribution is 7.89. The number of ether oxygens (including phenoxy) is 1. The van der Waals surface area contributed by atoms with Gasteiger partial charge in [0.25, 0.3) is 0 Å². The summed E-state index contributed by atoms with van der Waals surface area (Å²) in [5.74, 6) is -0.650. The van der Waals surface area contributed by atoms with Gasteiger partial charge < -0.3 is 10.1 Å². The van der Waals surface area contributed by atoms with Crippen LogP contribution in [0.5, 0.6) is 5.88 Å². The van der Waals surface area contributed by atoms with E-state index >= 15 is 0 Å². The monoisotopic (exact) mass is 409 g/mol. The third kappa shape index (κ3) is 7.33. The van der Waals surface area contributed by atoms with E-state index in [9.17, 15) is 26.4 Å². The fourth-order valence-corrected chi connectivity index (χ4v) is 3.66. The van der Waals surface area contributed by atoms with Crippen molar-refractivity contribution < 1.29 is 31.1 Å². The summed E-state index contributed by atoms with van der Waals surface area (Å²) < 4.78 is 66.6. The van der Waals surface area contributed by atoms with Gasteiger partial charge in [-0.1, -0.05) is 0 Å². The molecule has 0 aromatic carbocycles. The van der Waals surface area contributed by atoms with Crippen molar-refractivity contribution in [3.63, 3.8) is 0 Å². The fourth-order valence-electron chi connectivity index (χ4n) is 2.75. The number of alkyl halides is 3. The molecule has 0 unspecified atom stereocenters. The number of hydrogen-bond acceptors (Lipinski definition) is 5. The number of pyridine rings is 1. The minimum atomic E-state index is -4.45. The van der Waals surface area contributed by atoms with Crippen molar-refractivity contribution in [2.45, 2.75) is 44.8 Å². The summed E-state index contributed by atoms with van der Waals surface area (Å²) in [7, 11) is -3.26. The maximum absolute atomic E-state index is 12.3. The fraction of sp³-hybridized carbons (Fsp3) is 0.625. The van der Waals surface area contributed by atoms with Gasteiger partial charge in [0.1, 0.15) is 0 Å². The van der Waals surface area contributed by atoms with Crippen LogP contribution in [0.15, 0.2) is 18.3 Å². The Labute approximate surface area is 155 Å². The van der Waals surface area contributed by atoms with Gasteiger partial charge in [-0.05, 0) is 38.7 Å². The molecule has 0 saturated heterocycles. The van der Waals surface area contributed by atoms with Gasteiger partial charge in [-0.25, -0.2) is 18.1 Å². The number of rotatable bonds is 7. The average Bonchev–Trinajstić information content (AvgIpc) is 2.61. The molecule has 1 aromatic rings. The molecular formula is C16H22F3N3O4S. The van der Waals surface area contributed by atoms with Crippen LogP contribution in [0.4, 0.5) is 18.9 Å². The zero-order chi connectivity index (χ0) is 20.1. The van der Waals surface area contributed by atoms with Crippen LogP contribution in [-0.2, 0) is 14.8 Å². The van der Waals surface area contributed by atoms with Gasteiger partial charge in [0, 0.05) is 18.0 Å². The largest absolute Gasteiger partial charge is 0.468 e. The van der Waals surface area contributed by atoms with Crippen LogP contribution in [0.25, 0.3) is 0 Å². The lowest BCUT2D eigenvalue weighted by Crippen LogP contribution is -2.40. The van der Waals surface area contributed by atoms with Gasteiger partial charge in [-0.3, -0.25) is 4.79 Å². The van der Waals surface area contributed by atoms with Crippen molar-refractivity contribution in [3.05, 3.63) is 18.3 Å². The number of hydrogen-bond donors (Lipinski definition) is 2. The second-order valence-corrected chi connectivity index (χ2v) is 8.39. The Morgan fingerprint density at radius 1 is 1.26 bits per heavy atom. The van der Waals surface area contributed by atoms with Gasteiger partial charge in [0.15, 0.2) is 6.61 Å². The Morgan fingerprint density at radius 2 is 1.93 bits per heavy atom. The van der Waals surface area contributed by atoms with Crippen LogP contribution in [0.2, 0.25) is 0 Å². The van der Waals surface area contributed by atoms with E-state index in [-0.39, 0.29) is 29.5 Å². The number of aromatic nitrogens is 1. The Bertz CT molecular complexity index is 730.